The van der Waals surface area contributed by atoms with Crippen LogP contribution in [-0.2, 0) is 12.8 Å². The molecule has 26 heavy (non-hydrogen) atoms. The zero-order chi connectivity index (χ0) is 18.5. The summed E-state index contributed by atoms with van der Waals surface area (Å²) in [4.78, 5) is 26.8. The Morgan fingerprint density at radius 1 is 1.31 bits per heavy atom. The Bertz CT molecular complexity index is 838. The van der Waals surface area contributed by atoms with Crippen molar-refractivity contribution < 1.29 is 9.21 Å². The Hall–Kier alpha value is -2.62. The maximum Gasteiger partial charge on any atom is 0.349 e. The van der Waals surface area contributed by atoms with Crippen molar-refractivity contribution in [1.82, 2.24) is 4.90 Å². The van der Waals surface area contributed by atoms with Gasteiger partial charge in [0.05, 0.1) is 0 Å². The van der Waals surface area contributed by atoms with Crippen molar-refractivity contribution in [2.24, 2.45) is 5.92 Å². The molecule has 1 fully saturated rings. The number of hydrogen-bond acceptors (Lipinski definition) is 3. The monoisotopic (exact) mass is 351 g/mol. The van der Waals surface area contributed by atoms with Gasteiger partial charge in [0, 0.05) is 19.5 Å². The fourth-order valence-corrected chi connectivity index (χ4v) is 3.49. The topological polar surface area (TPSA) is 50.5 Å². The van der Waals surface area contributed by atoms with E-state index in [9.17, 15) is 9.59 Å². The van der Waals surface area contributed by atoms with Gasteiger partial charge in [0.2, 0.25) is 0 Å². The first-order valence-electron chi connectivity index (χ1n) is 9.18. The fourth-order valence-electron chi connectivity index (χ4n) is 3.49. The molecule has 1 saturated heterocycles. The average molecular weight is 351 g/mol. The second kappa shape index (κ2) is 8.17. The minimum absolute atomic E-state index is 0.168. The fraction of sp³-hybridized carbons (Fsp3) is 0.364. The molecule has 0 spiro atoms. The van der Waals surface area contributed by atoms with Gasteiger partial charge in [0.1, 0.15) is 11.3 Å². The summed E-state index contributed by atoms with van der Waals surface area (Å²) < 4.78 is 5.44. The second-order valence-electron chi connectivity index (χ2n) is 6.93. The number of aryl methyl sites for hydroxylation is 3. The summed E-state index contributed by atoms with van der Waals surface area (Å²) in [5, 5.41) is 0. The summed E-state index contributed by atoms with van der Waals surface area (Å²) >= 11 is 0. The van der Waals surface area contributed by atoms with E-state index in [1.807, 2.05) is 37.3 Å². The molecule has 4 nitrogen and oxygen atoms in total. The molecule has 1 aliphatic rings. The van der Waals surface area contributed by atoms with Crippen molar-refractivity contribution in [2.75, 3.05) is 13.1 Å². The van der Waals surface area contributed by atoms with Crippen LogP contribution in [0.5, 0.6) is 0 Å². The lowest BCUT2D eigenvalue weighted by Gasteiger charge is -2.16. The lowest BCUT2D eigenvalue weighted by Crippen LogP contribution is -2.33. The van der Waals surface area contributed by atoms with E-state index in [0.717, 1.165) is 19.3 Å². The largest absolute Gasteiger partial charge is 0.427 e. The molecule has 1 atom stereocenters. The smallest absolute Gasteiger partial charge is 0.349 e. The van der Waals surface area contributed by atoms with Crippen LogP contribution >= 0.6 is 0 Å². The van der Waals surface area contributed by atoms with Crippen LogP contribution in [0, 0.1) is 12.8 Å². The Morgan fingerprint density at radius 2 is 2.08 bits per heavy atom. The van der Waals surface area contributed by atoms with Gasteiger partial charge in [-0.1, -0.05) is 36.4 Å². The standard InChI is InChI=1S/C22H25NO3/c1-3-17-12-13-23(15-17)21(24)20-16(2)14-19(26-22(20)25)11-7-10-18-8-5-4-6-9-18/h3-6,8-9,14,17H,1,7,10-13,15H2,2H3. The summed E-state index contributed by atoms with van der Waals surface area (Å²) in [5.41, 5.74) is 1.61. The van der Waals surface area contributed by atoms with Crippen molar-refractivity contribution in [3.05, 3.63) is 81.9 Å². The minimum Gasteiger partial charge on any atom is -0.427 e. The summed E-state index contributed by atoms with van der Waals surface area (Å²) in [6.45, 7) is 6.88. The normalized spacial score (nSPS) is 16.7. The molecule has 1 unspecified atom stereocenters. The molecule has 1 amide bonds. The Morgan fingerprint density at radius 3 is 2.73 bits per heavy atom. The highest BCUT2D eigenvalue weighted by atomic mass is 16.4. The summed E-state index contributed by atoms with van der Waals surface area (Å²) in [5.74, 6) is 0.727. The number of amides is 1. The van der Waals surface area contributed by atoms with E-state index < -0.39 is 5.63 Å². The molecule has 0 radical (unpaired) electrons. The van der Waals surface area contributed by atoms with E-state index in [0.29, 0.717) is 36.8 Å². The van der Waals surface area contributed by atoms with Crippen molar-refractivity contribution in [2.45, 2.75) is 32.6 Å². The number of rotatable bonds is 6. The number of nitrogens with zero attached hydrogens (tertiary/aromatic N) is 1. The van der Waals surface area contributed by atoms with Gasteiger partial charge in [0.25, 0.3) is 5.91 Å². The number of carbonyl (C=O) groups is 1. The van der Waals surface area contributed by atoms with E-state index in [-0.39, 0.29) is 11.5 Å². The molecule has 0 N–H and O–H groups in total. The third-order valence-electron chi connectivity index (χ3n) is 4.99. The quantitative estimate of drug-likeness (QED) is 0.745. The predicted octanol–water partition coefficient (Wildman–Crippen LogP) is 3.77. The molecule has 1 aromatic carbocycles. The van der Waals surface area contributed by atoms with Crippen LogP contribution in [0.1, 0.15) is 40.1 Å². The average Bonchev–Trinajstić information content (AvgIpc) is 3.11. The maximum absolute atomic E-state index is 12.7. The van der Waals surface area contributed by atoms with Crippen LogP contribution in [0.25, 0.3) is 0 Å². The molecular formula is C22H25NO3. The first-order valence-corrected chi connectivity index (χ1v) is 9.18. The minimum atomic E-state index is -0.522. The summed E-state index contributed by atoms with van der Waals surface area (Å²) in [6.07, 6.45) is 5.28. The van der Waals surface area contributed by atoms with Gasteiger partial charge in [-0.25, -0.2) is 4.79 Å². The zero-order valence-corrected chi connectivity index (χ0v) is 15.2. The van der Waals surface area contributed by atoms with Gasteiger partial charge in [-0.15, -0.1) is 6.58 Å². The SMILES string of the molecule is C=CC1CCN(C(=O)c2c(C)cc(CCCc3ccccc3)oc2=O)C1. The number of benzene rings is 1. The molecule has 0 aliphatic carbocycles. The lowest BCUT2D eigenvalue weighted by atomic mass is 10.1. The van der Waals surface area contributed by atoms with Gasteiger partial charge in [0.15, 0.2) is 0 Å². The highest BCUT2D eigenvalue weighted by molar-refractivity contribution is 5.95. The van der Waals surface area contributed by atoms with Crippen molar-refractivity contribution in [1.29, 1.82) is 0 Å². The molecule has 2 aromatic rings. The Balaban J connectivity index is 1.67. The van der Waals surface area contributed by atoms with Crippen LogP contribution in [0.15, 0.2) is 58.3 Å². The highest BCUT2D eigenvalue weighted by Crippen LogP contribution is 2.20. The van der Waals surface area contributed by atoms with Crippen LogP contribution < -0.4 is 5.63 Å². The number of likely N-dealkylation sites (tertiary alicyclic amines) is 1. The van der Waals surface area contributed by atoms with Crippen molar-refractivity contribution in [3.63, 3.8) is 0 Å². The molecule has 136 valence electrons. The van der Waals surface area contributed by atoms with Gasteiger partial charge in [-0.2, -0.15) is 0 Å². The van der Waals surface area contributed by atoms with Gasteiger partial charge in [-0.05, 0) is 49.3 Å². The molecule has 2 heterocycles. The van der Waals surface area contributed by atoms with E-state index >= 15 is 0 Å². The van der Waals surface area contributed by atoms with Crippen LogP contribution in [-0.4, -0.2) is 23.9 Å². The third-order valence-corrected chi connectivity index (χ3v) is 4.99. The Kier molecular flexibility index (Phi) is 5.71. The second-order valence-corrected chi connectivity index (χ2v) is 6.93. The van der Waals surface area contributed by atoms with Gasteiger partial charge >= 0.3 is 5.63 Å². The summed E-state index contributed by atoms with van der Waals surface area (Å²) in [7, 11) is 0. The zero-order valence-electron chi connectivity index (χ0n) is 15.2. The van der Waals surface area contributed by atoms with Crippen molar-refractivity contribution in [3.8, 4) is 0 Å². The molecule has 0 bridgehead atoms. The number of carbonyl (C=O) groups excluding carboxylic acids is 1. The molecule has 4 heteroatoms. The van der Waals surface area contributed by atoms with E-state index in [2.05, 4.69) is 18.7 Å². The molecule has 3 rings (SSSR count). The molecular weight excluding hydrogens is 326 g/mol. The summed E-state index contributed by atoms with van der Waals surface area (Å²) in [6, 6.07) is 12.1. The predicted molar refractivity (Wildman–Crippen MR) is 102 cm³/mol. The van der Waals surface area contributed by atoms with Gasteiger partial charge in [-0.3, -0.25) is 4.79 Å². The molecule has 1 aromatic heterocycles. The van der Waals surface area contributed by atoms with E-state index in [1.54, 1.807) is 4.90 Å². The maximum atomic E-state index is 12.7. The van der Waals surface area contributed by atoms with Crippen molar-refractivity contribution >= 4 is 5.91 Å². The van der Waals surface area contributed by atoms with E-state index in [1.165, 1.54) is 5.56 Å². The molecule has 0 saturated carbocycles. The van der Waals surface area contributed by atoms with Crippen LogP contribution in [0.2, 0.25) is 0 Å². The van der Waals surface area contributed by atoms with Crippen LogP contribution in [0.3, 0.4) is 0 Å². The third kappa shape index (κ3) is 4.13. The Labute approximate surface area is 154 Å². The first-order chi connectivity index (χ1) is 12.6. The van der Waals surface area contributed by atoms with E-state index in [4.69, 9.17) is 4.42 Å². The lowest BCUT2D eigenvalue weighted by molar-refractivity contribution is 0.0783. The first kappa shape index (κ1) is 18.2. The van der Waals surface area contributed by atoms with Crippen LogP contribution in [0.4, 0.5) is 0 Å². The molecule has 1 aliphatic heterocycles. The van der Waals surface area contributed by atoms with Gasteiger partial charge < -0.3 is 9.32 Å². The highest BCUT2D eigenvalue weighted by Gasteiger charge is 2.28. The number of hydrogen-bond donors (Lipinski definition) is 0.